The summed E-state index contributed by atoms with van der Waals surface area (Å²) in [6.07, 6.45) is 1.68. The molecule has 146 valence electrons. The topological polar surface area (TPSA) is 48.7 Å². The molecule has 0 fully saturated rings. The van der Waals surface area contributed by atoms with Crippen LogP contribution >= 0.6 is 22.9 Å². The van der Waals surface area contributed by atoms with E-state index < -0.39 is 0 Å². The summed E-state index contributed by atoms with van der Waals surface area (Å²) in [5.41, 5.74) is 6.61. The molecule has 5 heteroatoms. The van der Waals surface area contributed by atoms with Crippen molar-refractivity contribution >= 4 is 34.2 Å². The van der Waals surface area contributed by atoms with Crippen LogP contribution in [0.15, 0.2) is 84.4 Å². The number of allylic oxidation sites excluding steroid dienone is 1. The first-order valence-electron chi connectivity index (χ1n) is 9.39. The van der Waals surface area contributed by atoms with Crippen molar-refractivity contribution in [2.75, 3.05) is 5.32 Å². The fourth-order valence-electron chi connectivity index (χ4n) is 3.04. The zero-order valence-corrected chi connectivity index (χ0v) is 17.8. The van der Waals surface area contributed by atoms with Gasteiger partial charge in [0.2, 0.25) is 0 Å². The maximum absolute atomic E-state index is 9.61. The predicted molar refractivity (Wildman–Crippen MR) is 126 cm³/mol. The van der Waals surface area contributed by atoms with Crippen LogP contribution in [0.1, 0.15) is 10.6 Å². The number of nitrogens with one attached hydrogen (secondary N) is 1. The average Bonchev–Trinajstić information content (AvgIpc) is 3.27. The van der Waals surface area contributed by atoms with Crippen LogP contribution < -0.4 is 5.32 Å². The van der Waals surface area contributed by atoms with E-state index in [0.717, 1.165) is 28.1 Å². The molecule has 0 amide bonds. The lowest BCUT2D eigenvalue weighted by molar-refractivity contribution is 1.36. The van der Waals surface area contributed by atoms with Gasteiger partial charge in [0.05, 0.1) is 5.69 Å². The van der Waals surface area contributed by atoms with Crippen molar-refractivity contribution in [3.8, 4) is 28.5 Å². The van der Waals surface area contributed by atoms with Gasteiger partial charge < -0.3 is 5.32 Å². The Balaban J connectivity index is 1.55. The van der Waals surface area contributed by atoms with Crippen LogP contribution in [-0.4, -0.2) is 4.98 Å². The van der Waals surface area contributed by atoms with Crippen molar-refractivity contribution in [2.45, 2.75) is 6.92 Å². The van der Waals surface area contributed by atoms with Crippen LogP contribution in [0.4, 0.5) is 5.69 Å². The maximum atomic E-state index is 9.61. The molecule has 4 rings (SSSR count). The van der Waals surface area contributed by atoms with E-state index in [9.17, 15) is 5.26 Å². The Morgan fingerprint density at radius 2 is 1.70 bits per heavy atom. The number of aromatic nitrogens is 1. The predicted octanol–water partition coefficient (Wildman–Crippen LogP) is 7.42. The minimum atomic E-state index is 0.478. The third kappa shape index (κ3) is 4.44. The standard InChI is InChI=1S/C25H18ClN3S/c1-17-7-12-22(26)13-23(17)28-15-21(14-27)25-29-24(16-30-25)20-10-8-19(9-11-20)18-5-3-2-4-6-18/h2-13,15-16,28H,1H3/b21-15+. The SMILES string of the molecule is Cc1ccc(Cl)cc1N/C=C(\C#N)c1nc(-c2ccc(-c3ccccc3)cc2)cs1. The lowest BCUT2D eigenvalue weighted by atomic mass is 10.0. The molecule has 0 aliphatic carbocycles. The molecule has 0 aliphatic heterocycles. The number of aryl methyl sites for hydroxylation is 1. The first-order chi connectivity index (χ1) is 14.6. The van der Waals surface area contributed by atoms with Crippen LogP contribution in [0.5, 0.6) is 0 Å². The lowest BCUT2D eigenvalue weighted by Crippen LogP contribution is -1.93. The van der Waals surface area contributed by atoms with Crippen LogP contribution in [0.2, 0.25) is 5.02 Å². The number of nitrogens with zero attached hydrogens (tertiary/aromatic N) is 2. The Labute approximate surface area is 184 Å². The lowest BCUT2D eigenvalue weighted by Gasteiger charge is -2.06. The third-order valence-electron chi connectivity index (χ3n) is 4.71. The Bertz CT molecular complexity index is 1240. The summed E-state index contributed by atoms with van der Waals surface area (Å²) in [6.45, 7) is 1.99. The molecule has 3 aromatic carbocycles. The molecule has 30 heavy (non-hydrogen) atoms. The minimum Gasteiger partial charge on any atom is -0.360 e. The number of hydrogen-bond acceptors (Lipinski definition) is 4. The van der Waals surface area contributed by atoms with E-state index in [0.29, 0.717) is 15.6 Å². The molecule has 0 saturated carbocycles. The second-order valence-electron chi connectivity index (χ2n) is 6.75. The first-order valence-corrected chi connectivity index (χ1v) is 10.6. The summed E-state index contributed by atoms with van der Waals surface area (Å²) >= 11 is 7.52. The first kappa shape index (κ1) is 19.9. The zero-order valence-electron chi connectivity index (χ0n) is 16.3. The largest absolute Gasteiger partial charge is 0.360 e. The minimum absolute atomic E-state index is 0.478. The fraction of sp³-hybridized carbons (Fsp3) is 0.0400. The van der Waals surface area contributed by atoms with Crippen molar-refractivity contribution in [2.24, 2.45) is 0 Å². The van der Waals surface area contributed by atoms with Gasteiger partial charge in [-0.25, -0.2) is 4.98 Å². The molecule has 0 unspecified atom stereocenters. The van der Waals surface area contributed by atoms with Crippen molar-refractivity contribution < 1.29 is 0 Å². The number of anilines is 1. The molecule has 1 N–H and O–H groups in total. The molecule has 3 nitrogen and oxygen atoms in total. The van der Waals surface area contributed by atoms with E-state index in [4.69, 9.17) is 11.6 Å². The van der Waals surface area contributed by atoms with Crippen LogP contribution in [0.3, 0.4) is 0 Å². The van der Waals surface area contributed by atoms with Gasteiger partial charge in [-0.3, -0.25) is 0 Å². The molecule has 4 aromatic rings. The molecular weight excluding hydrogens is 410 g/mol. The monoisotopic (exact) mass is 427 g/mol. The van der Waals surface area contributed by atoms with E-state index in [-0.39, 0.29) is 0 Å². The average molecular weight is 428 g/mol. The van der Waals surface area contributed by atoms with Crippen LogP contribution in [-0.2, 0) is 0 Å². The Morgan fingerprint density at radius 1 is 1.00 bits per heavy atom. The highest BCUT2D eigenvalue weighted by Crippen LogP contribution is 2.29. The molecule has 0 radical (unpaired) electrons. The number of nitriles is 1. The van der Waals surface area contributed by atoms with Crippen molar-refractivity contribution in [3.63, 3.8) is 0 Å². The fourth-order valence-corrected chi connectivity index (χ4v) is 4.00. The van der Waals surface area contributed by atoms with Crippen LogP contribution in [0.25, 0.3) is 28.0 Å². The summed E-state index contributed by atoms with van der Waals surface area (Å²) in [7, 11) is 0. The highest BCUT2D eigenvalue weighted by Gasteiger charge is 2.10. The smallest absolute Gasteiger partial charge is 0.136 e. The maximum Gasteiger partial charge on any atom is 0.136 e. The molecule has 0 saturated heterocycles. The van der Waals surface area contributed by atoms with Crippen molar-refractivity contribution in [1.82, 2.24) is 4.98 Å². The van der Waals surface area contributed by atoms with Gasteiger partial charge in [0.1, 0.15) is 16.6 Å². The number of benzene rings is 3. The molecule has 0 spiro atoms. The molecule has 0 bridgehead atoms. The second kappa shape index (κ2) is 8.96. The van der Waals surface area contributed by atoms with E-state index >= 15 is 0 Å². The molecule has 0 aliphatic rings. The van der Waals surface area contributed by atoms with Gasteiger partial charge in [0, 0.05) is 27.9 Å². The van der Waals surface area contributed by atoms with Gasteiger partial charge in [-0.1, -0.05) is 72.3 Å². The summed E-state index contributed by atoms with van der Waals surface area (Å²) < 4.78 is 0. The molecule has 1 aromatic heterocycles. The summed E-state index contributed by atoms with van der Waals surface area (Å²) in [5, 5.41) is 16.1. The van der Waals surface area contributed by atoms with E-state index in [2.05, 4.69) is 52.8 Å². The third-order valence-corrected chi connectivity index (χ3v) is 5.83. The van der Waals surface area contributed by atoms with Gasteiger partial charge in [0.15, 0.2) is 0 Å². The van der Waals surface area contributed by atoms with Gasteiger partial charge >= 0.3 is 0 Å². The van der Waals surface area contributed by atoms with Gasteiger partial charge in [-0.2, -0.15) is 5.26 Å². The normalized spacial score (nSPS) is 11.2. The number of halogens is 1. The summed E-state index contributed by atoms with van der Waals surface area (Å²) in [5.74, 6) is 0. The quantitative estimate of drug-likeness (QED) is 0.337. The van der Waals surface area contributed by atoms with E-state index in [1.54, 1.807) is 6.20 Å². The number of hydrogen-bond donors (Lipinski definition) is 1. The molecule has 0 atom stereocenters. The summed E-state index contributed by atoms with van der Waals surface area (Å²) in [4.78, 5) is 4.67. The highest BCUT2D eigenvalue weighted by atomic mass is 35.5. The van der Waals surface area contributed by atoms with Gasteiger partial charge in [-0.05, 0) is 35.7 Å². The Morgan fingerprint density at radius 3 is 2.43 bits per heavy atom. The van der Waals surface area contributed by atoms with Gasteiger partial charge in [0.25, 0.3) is 0 Å². The summed E-state index contributed by atoms with van der Waals surface area (Å²) in [6, 6.07) is 26.4. The van der Waals surface area contributed by atoms with Gasteiger partial charge in [-0.15, -0.1) is 11.3 Å². The molecular formula is C25H18ClN3S. The second-order valence-corrected chi connectivity index (χ2v) is 8.05. The van der Waals surface area contributed by atoms with Crippen LogP contribution in [0, 0.1) is 18.3 Å². The number of thiazole rings is 1. The number of rotatable bonds is 5. The van der Waals surface area contributed by atoms with E-state index in [1.807, 2.05) is 48.7 Å². The molecule has 1 heterocycles. The Kier molecular flexibility index (Phi) is 5.94. The van der Waals surface area contributed by atoms with Crippen molar-refractivity contribution in [1.29, 1.82) is 5.26 Å². The van der Waals surface area contributed by atoms with E-state index in [1.165, 1.54) is 16.9 Å². The Hall–Kier alpha value is -3.39. The zero-order chi connectivity index (χ0) is 20.9. The van der Waals surface area contributed by atoms with Crippen molar-refractivity contribution in [3.05, 3.63) is 100.0 Å². The highest BCUT2D eigenvalue weighted by molar-refractivity contribution is 7.11.